The second-order valence-electron chi connectivity index (χ2n) is 4.94. The van der Waals surface area contributed by atoms with E-state index < -0.39 is 11.9 Å². The molecule has 0 radical (unpaired) electrons. The van der Waals surface area contributed by atoms with Gasteiger partial charge in [0.2, 0.25) is 5.91 Å². The van der Waals surface area contributed by atoms with E-state index in [2.05, 4.69) is 10.1 Å². The van der Waals surface area contributed by atoms with Gasteiger partial charge in [0, 0.05) is 24.2 Å². The first kappa shape index (κ1) is 13.3. The fraction of sp³-hybridized carbons (Fsp3) is 0.286. The second-order valence-corrected chi connectivity index (χ2v) is 4.94. The summed E-state index contributed by atoms with van der Waals surface area (Å²) in [6.45, 7) is 1.90. The first-order valence-corrected chi connectivity index (χ1v) is 6.48. The molecule has 108 valence electrons. The highest BCUT2D eigenvalue weighted by Crippen LogP contribution is 2.28. The van der Waals surface area contributed by atoms with E-state index in [1.165, 1.54) is 4.90 Å². The Bertz CT molecular complexity index is 710. The topological polar surface area (TPSA) is 96.5 Å². The molecule has 1 aliphatic heterocycles. The highest BCUT2D eigenvalue weighted by Gasteiger charge is 2.35. The van der Waals surface area contributed by atoms with Crippen LogP contribution >= 0.6 is 0 Å². The zero-order chi connectivity index (χ0) is 15.0. The summed E-state index contributed by atoms with van der Waals surface area (Å²) in [6.07, 6.45) is 0.0270. The minimum atomic E-state index is -0.950. The van der Waals surface area contributed by atoms with E-state index in [0.29, 0.717) is 23.0 Å². The van der Waals surface area contributed by atoms with Crippen molar-refractivity contribution in [2.75, 3.05) is 11.4 Å². The Morgan fingerprint density at radius 3 is 2.90 bits per heavy atom. The Morgan fingerprint density at radius 2 is 2.29 bits per heavy atom. The molecule has 7 nitrogen and oxygen atoms in total. The third kappa shape index (κ3) is 2.49. The summed E-state index contributed by atoms with van der Waals surface area (Å²) in [5, 5.41) is 12.7. The number of hydrogen-bond donors (Lipinski definition) is 1. The van der Waals surface area contributed by atoms with Gasteiger partial charge in [0.25, 0.3) is 5.89 Å². The monoisotopic (exact) mass is 287 g/mol. The molecule has 1 atom stereocenters. The van der Waals surface area contributed by atoms with Crippen LogP contribution in [0.2, 0.25) is 0 Å². The summed E-state index contributed by atoms with van der Waals surface area (Å²) in [5.74, 6) is -0.906. The molecule has 1 amide bonds. The predicted molar refractivity (Wildman–Crippen MR) is 72.6 cm³/mol. The van der Waals surface area contributed by atoms with Crippen LogP contribution in [0, 0.1) is 12.8 Å². The quantitative estimate of drug-likeness (QED) is 0.918. The average Bonchev–Trinajstić information content (AvgIpc) is 3.05. The van der Waals surface area contributed by atoms with Crippen molar-refractivity contribution < 1.29 is 19.2 Å². The number of carbonyl (C=O) groups is 2. The molecule has 0 spiro atoms. The maximum Gasteiger partial charge on any atom is 0.308 e. The number of carboxylic acids is 1. The van der Waals surface area contributed by atoms with E-state index in [9.17, 15) is 9.59 Å². The zero-order valence-corrected chi connectivity index (χ0v) is 11.3. The lowest BCUT2D eigenvalue weighted by molar-refractivity contribution is -0.141. The molecular formula is C14H13N3O4. The molecule has 21 heavy (non-hydrogen) atoms. The van der Waals surface area contributed by atoms with E-state index in [1.54, 1.807) is 31.2 Å². The van der Waals surface area contributed by atoms with E-state index in [0.717, 1.165) is 0 Å². The molecule has 1 N–H and O–H groups in total. The lowest BCUT2D eigenvalue weighted by Crippen LogP contribution is -2.25. The first-order valence-electron chi connectivity index (χ1n) is 6.48. The zero-order valence-electron chi connectivity index (χ0n) is 11.3. The van der Waals surface area contributed by atoms with Crippen molar-refractivity contribution in [3.8, 4) is 11.5 Å². The Kier molecular flexibility index (Phi) is 3.17. The number of amides is 1. The molecule has 1 aliphatic rings. The van der Waals surface area contributed by atoms with Crippen molar-refractivity contribution in [2.24, 2.45) is 5.92 Å². The first-order chi connectivity index (χ1) is 10.0. The van der Waals surface area contributed by atoms with E-state index >= 15 is 0 Å². The molecule has 1 unspecified atom stereocenters. The van der Waals surface area contributed by atoms with E-state index in [1.807, 2.05) is 0 Å². The van der Waals surface area contributed by atoms with Gasteiger partial charge in [-0.1, -0.05) is 11.2 Å². The number of hydrogen-bond acceptors (Lipinski definition) is 5. The third-order valence-electron chi connectivity index (χ3n) is 3.41. The van der Waals surface area contributed by atoms with Crippen molar-refractivity contribution in [3.63, 3.8) is 0 Å². The van der Waals surface area contributed by atoms with Crippen molar-refractivity contribution in [3.05, 3.63) is 30.1 Å². The highest BCUT2D eigenvalue weighted by atomic mass is 16.5. The molecule has 0 saturated carbocycles. The van der Waals surface area contributed by atoms with Crippen LogP contribution in [0.4, 0.5) is 5.69 Å². The number of aryl methyl sites for hydroxylation is 1. The Morgan fingerprint density at radius 1 is 1.48 bits per heavy atom. The largest absolute Gasteiger partial charge is 0.481 e. The predicted octanol–water partition coefficient (Wildman–Crippen LogP) is 1.48. The SMILES string of the molecule is Cc1noc(-c2cccc(N3CC(C(=O)O)CC3=O)c2)n1. The molecule has 2 heterocycles. The van der Waals surface area contributed by atoms with Gasteiger partial charge in [-0.25, -0.2) is 0 Å². The van der Waals surface area contributed by atoms with Gasteiger partial charge >= 0.3 is 5.97 Å². The van der Waals surface area contributed by atoms with Crippen molar-refractivity contribution in [1.82, 2.24) is 10.1 Å². The third-order valence-corrected chi connectivity index (χ3v) is 3.41. The Hall–Kier alpha value is -2.70. The van der Waals surface area contributed by atoms with Crippen LogP contribution in [-0.4, -0.2) is 33.7 Å². The minimum absolute atomic E-state index is 0.0270. The Balaban J connectivity index is 1.90. The number of aromatic nitrogens is 2. The maximum absolute atomic E-state index is 12.0. The van der Waals surface area contributed by atoms with Crippen molar-refractivity contribution in [1.29, 1.82) is 0 Å². The van der Waals surface area contributed by atoms with Gasteiger partial charge in [0.1, 0.15) is 0 Å². The standard InChI is InChI=1S/C14H13N3O4/c1-8-15-13(21-16-8)9-3-2-4-11(5-9)17-7-10(14(19)20)6-12(17)18/h2-5,10H,6-7H2,1H3,(H,19,20). The van der Waals surface area contributed by atoms with Crippen LogP contribution in [0.5, 0.6) is 0 Å². The fourth-order valence-corrected chi connectivity index (χ4v) is 2.34. The minimum Gasteiger partial charge on any atom is -0.481 e. The molecule has 1 fully saturated rings. The van der Waals surface area contributed by atoms with Crippen LogP contribution in [0.25, 0.3) is 11.5 Å². The van der Waals surface area contributed by atoms with Crippen LogP contribution in [-0.2, 0) is 9.59 Å². The molecule has 0 aliphatic carbocycles. The molecule has 3 rings (SSSR count). The molecule has 1 aromatic heterocycles. The smallest absolute Gasteiger partial charge is 0.308 e. The molecule has 1 saturated heterocycles. The number of carbonyl (C=O) groups excluding carboxylic acids is 1. The van der Waals surface area contributed by atoms with Crippen molar-refractivity contribution >= 4 is 17.6 Å². The van der Waals surface area contributed by atoms with Gasteiger partial charge < -0.3 is 14.5 Å². The average molecular weight is 287 g/mol. The van der Waals surface area contributed by atoms with Crippen LogP contribution in [0.3, 0.4) is 0 Å². The molecule has 7 heteroatoms. The summed E-state index contributed by atoms with van der Waals surface area (Å²) in [7, 11) is 0. The van der Waals surface area contributed by atoms with Gasteiger partial charge in [0.05, 0.1) is 5.92 Å². The summed E-state index contributed by atoms with van der Waals surface area (Å²) in [5.41, 5.74) is 1.33. The van der Waals surface area contributed by atoms with Gasteiger partial charge in [-0.2, -0.15) is 4.98 Å². The van der Waals surface area contributed by atoms with Gasteiger partial charge in [0.15, 0.2) is 5.82 Å². The molecule has 1 aromatic carbocycles. The summed E-state index contributed by atoms with van der Waals surface area (Å²) in [6, 6.07) is 7.07. The molecular weight excluding hydrogens is 274 g/mol. The van der Waals surface area contributed by atoms with Gasteiger partial charge in [-0.3, -0.25) is 9.59 Å². The number of aliphatic carboxylic acids is 1. The van der Waals surface area contributed by atoms with Crippen LogP contribution in [0.1, 0.15) is 12.2 Å². The lowest BCUT2D eigenvalue weighted by atomic mass is 10.1. The summed E-state index contributed by atoms with van der Waals surface area (Å²) >= 11 is 0. The number of carboxylic acid groups (broad SMARTS) is 1. The van der Waals surface area contributed by atoms with Crippen LogP contribution in [0.15, 0.2) is 28.8 Å². The molecule has 0 bridgehead atoms. The summed E-state index contributed by atoms with van der Waals surface area (Å²) in [4.78, 5) is 28.6. The number of rotatable bonds is 3. The van der Waals surface area contributed by atoms with Crippen molar-refractivity contribution in [2.45, 2.75) is 13.3 Å². The van der Waals surface area contributed by atoms with Crippen LogP contribution < -0.4 is 4.90 Å². The molecule has 2 aromatic rings. The van der Waals surface area contributed by atoms with E-state index in [4.69, 9.17) is 9.63 Å². The number of anilines is 1. The van der Waals surface area contributed by atoms with Gasteiger partial charge in [-0.05, 0) is 25.1 Å². The normalized spacial score (nSPS) is 18.2. The highest BCUT2D eigenvalue weighted by molar-refractivity contribution is 5.99. The summed E-state index contributed by atoms with van der Waals surface area (Å²) < 4.78 is 5.10. The van der Waals surface area contributed by atoms with E-state index in [-0.39, 0.29) is 18.9 Å². The second kappa shape index (κ2) is 5.01. The fourth-order valence-electron chi connectivity index (χ4n) is 2.34. The number of benzene rings is 1. The van der Waals surface area contributed by atoms with Gasteiger partial charge in [-0.15, -0.1) is 0 Å². The maximum atomic E-state index is 12.0. The number of nitrogens with zero attached hydrogens (tertiary/aromatic N) is 3. The Labute approximate surface area is 120 Å². The lowest BCUT2D eigenvalue weighted by Gasteiger charge is -2.16.